The van der Waals surface area contributed by atoms with Gasteiger partial charge in [-0.05, 0) is 12.1 Å². The molecule has 0 aliphatic carbocycles. The van der Waals surface area contributed by atoms with Crippen LogP contribution in [0.5, 0.6) is 0 Å². The Morgan fingerprint density at radius 3 is 2.85 bits per heavy atom. The van der Waals surface area contributed by atoms with Crippen molar-refractivity contribution in [1.82, 2.24) is 3.59 Å². The van der Waals surface area contributed by atoms with E-state index in [0.717, 1.165) is 5.52 Å². The van der Waals surface area contributed by atoms with E-state index in [1.54, 1.807) is 21.9 Å². The Hall–Kier alpha value is -1.36. The molecule has 5 heteroatoms. The number of nitro benzene ring substituents is 1. The lowest BCUT2D eigenvalue weighted by atomic mass is 10.2. The van der Waals surface area contributed by atoms with Crippen LogP contribution in [0.2, 0.25) is 0 Å². The molecule has 1 heterocycles. The predicted molar refractivity (Wildman–Crippen MR) is 52.9 cm³/mol. The van der Waals surface area contributed by atoms with Crippen molar-refractivity contribution in [2.24, 2.45) is 0 Å². The molecular formula is C8H5BrN2O2. The van der Waals surface area contributed by atoms with Crippen LogP contribution in [-0.4, -0.2) is 8.52 Å². The number of nitrogens with zero attached hydrogens (tertiary/aromatic N) is 2. The average molecular weight is 241 g/mol. The van der Waals surface area contributed by atoms with Gasteiger partial charge in [-0.25, -0.2) is 0 Å². The minimum atomic E-state index is -0.380. The van der Waals surface area contributed by atoms with E-state index >= 15 is 0 Å². The molecule has 0 aliphatic heterocycles. The van der Waals surface area contributed by atoms with Crippen molar-refractivity contribution in [3.63, 3.8) is 0 Å². The van der Waals surface area contributed by atoms with E-state index in [1.807, 2.05) is 6.07 Å². The van der Waals surface area contributed by atoms with Gasteiger partial charge in [0, 0.05) is 12.3 Å². The van der Waals surface area contributed by atoms with Crippen LogP contribution < -0.4 is 0 Å². The standard InChI is InChI=1S/C8H5BrN2O2/c9-10-5-4-6-7(10)2-1-3-8(6)11(12)13/h1-5H. The first kappa shape index (κ1) is 8.25. The van der Waals surface area contributed by atoms with Crippen molar-refractivity contribution in [2.45, 2.75) is 0 Å². The lowest BCUT2D eigenvalue weighted by molar-refractivity contribution is -0.383. The van der Waals surface area contributed by atoms with Gasteiger partial charge in [-0.1, -0.05) is 6.07 Å². The first-order valence-corrected chi connectivity index (χ1v) is 4.31. The summed E-state index contributed by atoms with van der Waals surface area (Å²) in [4.78, 5) is 10.2. The number of fused-ring (bicyclic) bond motifs is 1. The summed E-state index contributed by atoms with van der Waals surface area (Å²) >= 11 is 3.24. The Morgan fingerprint density at radius 1 is 1.38 bits per heavy atom. The largest absolute Gasteiger partial charge is 0.283 e. The maximum atomic E-state index is 10.6. The first-order chi connectivity index (χ1) is 6.20. The van der Waals surface area contributed by atoms with Gasteiger partial charge in [0.2, 0.25) is 0 Å². The minimum absolute atomic E-state index is 0.135. The van der Waals surface area contributed by atoms with Crippen molar-refractivity contribution < 1.29 is 4.92 Å². The zero-order valence-electron chi connectivity index (χ0n) is 6.48. The summed E-state index contributed by atoms with van der Waals surface area (Å²) in [7, 11) is 0. The number of hydrogen-bond acceptors (Lipinski definition) is 2. The van der Waals surface area contributed by atoms with Crippen LogP contribution in [0.25, 0.3) is 10.9 Å². The van der Waals surface area contributed by atoms with Crippen LogP contribution in [0, 0.1) is 10.1 Å². The van der Waals surface area contributed by atoms with Gasteiger partial charge in [0.1, 0.15) is 0 Å². The molecule has 0 radical (unpaired) electrons. The monoisotopic (exact) mass is 240 g/mol. The van der Waals surface area contributed by atoms with E-state index in [0.29, 0.717) is 5.39 Å². The predicted octanol–water partition coefficient (Wildman–Crippen LogP) is 2.71. The minimum Gasteiger partial charge on any atom is -0.283 e. The highest BCUT2D eigenvalue weighted by atomic mass is 79.9. The Bertz CT molecular complexity index is 478. The van der Waals surface area contributed by atoms with E-state index in [2.05, 4.69) is 16.1 Å². The summed E-state index contributed by atoms with van der Waals surface area (Å²) in [5.74, 6) is 0. The third-order valence-corrected chi connectivity index (χ3v) is 2.48. The zero-order chi connectivity index (χ0) is 9.42. The third kappa shape index (κ3) is 1.21. The maximum Gasteiger partial charge on any atom is 0.278 e. The van der Waals surface area contributed by atoms with Crippen LogP contribution in [0.4, 0.5) is 5.69 Å². The summed E-state index contributed by atoms with van der Waals surface area (Å²) in [6.45, 7) is 0. The number of rotatable bonds is 1. The Labute approximate surface area is 82.3 Å². The Balaban J connectivity index is 2.84. The highest BCUT2D eigenvalue weighted by Crippen LogP contribution is 2.26. The van der Waals surface area contributed by atoms with Crippen LogP contribution in [0.15, 0.2) is 30.5 Å². The number of aromatic nitrogens is 1. The fourth-order valence-electron chi connectivity index (χ4n) is 1.28. The smallest absolute Gasteiger partial charge is 0.278 e. The van der Waals surface area contributed by atoms with Crippen LogP contribution in [-0.2, 0) is 0 Å². The third-order valence-electron chi connectivity index (χ3n) is 1.86. The van der Waals surface area contributed by atoms with Crippen LogP contribution >= 0.6 is 16.1 Å². The molecule has 0 unspecified atom stereocenters. The molecule has 0 spiro atoms. The summed E-state index contributed by atoms with van der Waals surface area (Å²) in [6, 6.07) is 6.69. The van der Waals surface area contributed by atoms with E-state index < -0.39 is 0 Å². The highest BCUT2D eigenvalue weighted by Gasteiger charge is 2.12. The average Bonchev–Trinajstić information content (AvgIpc) is 2.48. The maximum absolute atomic E-state index is 10.6. The van der Waals surface area contributed by atoms with Crippen molar-refractivity contribution >= 4 is 32.7 Å². The number of nitro groups is 1. The van der Waals surface area contributed by atoms with Gasteiger partial charge in [-0.2, -0.15) is 0 Å². The molecule has 0 atom stereocenters. The topological polar surface area (TPSA) is 48.1 Å². The molecule has 0 saturated carbocycles. The summed E-state index contributed by atoms with van der Waals surface area (Å²) < 4.78 is 1.68. The van der Waals surface area contributed by atoms with E-state index in [-0.39, 0.29) is 10.6 Å². The molecule has 66 valence electrons. The lowest BCUT2D eigenvalue weighted by Gasteiger charge is -1.94. The number of benzene rings is 1. The Kier molecular flexibility index (Phi) is 1.81. The van der Waals surface area contributed by atoms with Gasteiger partial charge < -0.3 is 0 Å². The van der Waals surface area contributed by atoms with Gasteiger partial charge in [0.15, 0.2) is 0 Å². The second-order valence-electron chi connectivity index (χ2n) is 2.59. The zero-order valence-corrected chi connectivity index (χ0v) is 8.06. The van der Waals surface area contributed by atoms with Gasteiger partial charge >= 0.3 is 0 Å². The second-order valence-corrected chi connectivity index (χ2v) is 3.36. The number of halogens is 1. The fourth-order valence-corrected chi connectivity index (χ4v) is 1.71. The fraction of sp³-hybridized carbons (Fsp3) is 0. The second kappa shape index (κ2) is 2.85. The molecule has 0 N–H and O–H groups in total. The number of non-ortho nitro benzene ring substituents is 1. The normalized spacial score (nSPS) is 10.5. The molecule has 0 saturated heterocycles. The van der Waals surface area contributed by atoms with Crippen molar-refractivity contribution in [2.75, 3.05) is 0 Å². The van der Waals surface area contributed by atoms with Gasteiger partial charge in [-0.15, -0.1) is 0 Å². The summed E-state index contributed by atoms with van der Waals surface area (Å²) in [5.41, 5.74) is 0.935. The molecule has 0 fully saturated rings. The molecule has 4 nitrogen and oxygen atoms in total. The molecule has 1 aromatic carbocycles. The number of hydrogen-bond donors (Lipinski definition) is 0. The van der Waals surface area contributed by atoms with Crippen LogP contribution in [0.1, 0.15) is 0 Å². The summed E-state index contributed by atoms with van der Waals surface area (Å²) in [5, 5.41) is 11.2. The Morgan fingerprint density at radius 2 is 2.15 bits per heavy atom. The van der Waals surface area contributed by atoms with Gasteiger partial charge in [-0.3, -0.25) is 13.7 Å². The molecule has 1 aromatic heterocycles. The van der Waals surface area contributed by atoms with Crippen LogP contribution in [0.3, 0.4) is 0 Å². The van der Waals surface area contributed by atoms with Crippen molar-refractivity contribution in [3.8, 4) is 0 Å². The van der Waals surface area contributed by atoms with Gasteiger partial charge in [0.05, 0.1) is 32.0 Å². The van der Waals surface area contributed by atoms with Gasteiger partial charge in [0.25, 0.3) is 5.69 Å². The molecule has 0 amide bonds. The molecule has 13 heavy (non-hydrogen) atoms. The molecule has 2 rings (SSSR count). The van der Waals surface area contributed by atoms with Crippen molar-refractivity contribution in [1.29, 1.82) is 0 Å². The molecular weight excluding hydrogens is 236 g/mol. The van der Waals surface area contributed by atoms with E-state index in [4.69, 9.17) is 0 Å². The highest BCUT2D eigenvalue weighted by molar-refractivity contribution is 9.08. The first-order valence-electron chi connectivity index (χ1n) is 3.61. The van der Waals surface area contributed by atoms with E-state index in [9.17, 15) is 10.1 Å². The SMILES string of the molecule is O=[N+]([O-])c1cccc2c1ccn2Br. The summed E-state index contributed by atoms with van der Waals surface area (Å²) in [6.07, 6.45) is 1.73. The molecule has 0 aliphatic rings. The molecule has 2 aromatic rings. The quantitative estimate of drug-likeness (QED) is 0.569. The van der Waals surface area contributed by atoms with E-state index in [1.165, 1.54) is 6.07 Å². The lowest BCUT2D eigenvalue weighted by Crippen LogP contribution is -1.87. The van der Waals surface area contributed by atoms with Crippen molar-refractivity contribution in [3.05, 3.63) is 40.6 Å². The molecule has 0 bridgehead atoms.